The molecule has 0 aromatic carbocycles. The van der Waals surface area contributed by atoms with Crippen LogP contribution < -0.4 is 16.0 Å². The second-order valence-corrected chi connectivity index (χ2v) is 4.65. The smallest absolute Gasteiger partial charge is 0.242 e. The summed E-state index contributed by atoms with van der Waals surface area (Å²) in [5, 5.41) is 9.16. The number of methoxy groups -OCH3 is 1. The lowest BCUT2D eigenvalue weighted by Crippen LogP contribution is -2.44. The van der Waals surface area contributed by atoms with Gasteiger partial charge in [0.15, 0.2) is 5.82 Å². The number of rotatable bonds is 6. The average Bonchev–Trinajstić information content (AvgIpc) is 2.42. The number of carbonyl (C=O) groups is 1. The van der Waals surface area contributed by atoms with Crippen LogP contribution in [0.2, 0.25) is 0 Å². The highest BCUT2D eigenvalue weighted by molar-refractivity contribution is 5.85. The van der Waals surface area contributed by atoms with Crippen LogP contribution >= 0.6 is 0 Å². The van der Waals surface area contributed by atoms with Gasteiger partial charge < -0.3 is 20.7 Å². The molecule has 20 heavy (non-hydrogen) atoms. The van der Waals surface area contributed by atoms with Crippen molar-refractivity contribution in [2.45, 2.75) is 32.4 Å². The van der Waals surface area contributed by atoms with Gasteiger partial charge in [0.05, 0.1) is 0 Å². The summed E-state index contributed by atoms with van der Waals surface area (Å²) in [6, 6.07) is 1.58. The number of ether oxygens (including phenoxy) is 1. The summed E-state index contributed by atoms with van der Waals surface area (Å²) in [6.07, 6.45) is 1.78. The van der Waals surface area contributed by atoms with Gasteiger partial charge in [0.25, 0.3) is 0 Å². The molecule has 3 N–H and O–H groups in total. The van der Waals surface area contributed by atoms with Crippen LogP contribution in [-0.4, -0.2) is 42.1 Å². The Kier molecular flexibility index (Phi) is 5.11. The van der Waals surface area contributed by atoms with Crippen molar-refractivity contribution in [1.82, 2.24) is 15.3 Å². The van der Waals surface area contributed by atoms with Crippen molar-refractivity contribution in [3.63, 3.8) is 0 Å². The van der Waals surface area contributed by atoms with Gasteiger partial charge in [-0.2, -0.15) is 0 Å². The number of hydrogen-bond acceptors (Lipinski definition) is 6. The number of hydrogen-bond donors (Lipinski definition) is 3. The minimum absolute atomic E-state index is 0.0214. The van der Waals surface area contributed by atoms with Gasteiger partial charge in [0, 0.05) is 26.3 Å². The summed E-state index contributed by atoms with van der Waals surface area (Å²) < 4.78 is 5.07. The first-order valence-corrected chi connectivity index (χ1v) is 6.88. The summed E-state index contributed by atoms with van der Waals surface area (Å²) in [5.74, 6) is 1.98. The normalized spacial score (nSPS) is 18.5. The minimum Gasteiger partial charge on any atom is -0.377 e. The molecule has 1 amide bonds. The molecule has 1 aliphatic heterocycles. The lowest BCUT2D eigenvalue weighted by Gasteiger charge is -2.23. The Balaban J connectivity index is 2.14. The van der Waals surface area contributed by atoms with Crippen LogP contribution in [0.4, 0.5) is 11.6 Å². The van der Waals surface area contributed by atoms with E-state index in [4.69, 9.17) is 4.74 Å². The fourth-order valence-corrected chi connectivity index (χ4v) is 2.12. The van der Waals surface area contributed by atoms with Gasteiger partial charge in [-0.25, -0.2) is 9.97 Å². The third-order valence-corrected chi connectivity index (χ3v) is 3.01. The first kappa shape index (κ1) is 14.5. The zero-order valence-corrected chi connectivity index (χ0v) is 11.9. The highest BCUT2D eigenvalue weighted by atomic mass is 16.5. The first-order chi connectivity index (χ1) is 9.72. The van der Waals surface area contributed by atoms with E-state index in [9.17, 15) is 4.79 Å². The zero-order chi connectivity index (χ0) is 14.4. The molecule has 1 saturated heterocycles. The van der Waals surface area contributed by atoms with Crippen molar-refractivity contribution in [2.75, 3.05) is 30.8 Å². The van der Waals surface area contributed by atoms with Crippen LogP contribution in [0.3, 0.4) is 0 Å². The van der Waals surface area contributed by atoms with Gasteiger partial charge in [-0.1, -0.05) is 0 Å². The predicted molar refractivity (Wildman–Crippen MR) is 76.6 cm³/mol. The second kappa shape index (κ2) is 7.04. The summed E-state index contributed by atoms with van der Waals surface area (Å²) in [5.41, 5.74) is 0. The number of nitrogens with zero attached hydrogens (tertiary/aromatic N) is 2. The molecular weight excluding hydrogens is 258 g/mol. The predicted octanol–water partition coefficient (Wildman–Crippen LogP) is 0.745. The highest BCUT2D eigenvalue weighted by Crippen LogP contribution is 2.15. The lowest BCUT2D eigenvalue weighted by molar-refractivity contribution is -0.123. The van der Waals surface area contributed by atoms with Gasteiger partial charge >= 0.3 is 0 Å². The fraction of sp³-hybridized carbons (Fsp3) is 0.615. The molecule has 1 fully saturated rings. The van der Waals surface area contributed by atoms with Crippen molar-refractivity contribution < 1.29 is 9.53 Å². The van der Waals surface area contributed by atoms with E-state index in [1.807, 2.05) is 13.0 Å². The van der Waals surface area contributed by atoms with Gasteiger partial charge in [0.1, 0.15) is 24.3 Å². The summed E-state index contributed by atoms with van der Waals surface area (Å²) in [7, 11) is 1.60. The molecule has 1 unspecified atom stereocenters. The molecule has 0 aliphatic carbocycles. The third-order valence-electron chi connectivity index (χ3n) is 3.01. The SMILES string of the molecule is CCNc1cc(NC2CCCNC2=O)nc(COC)n1. The van der Waals surface area contributed by atoms with E-state index >= 15 is 0 Å². The molecule has 2 rings (SSSR count). The Bertz CT molecular complexity index is 442. The maximum absolute atomic E-state index is 11.8. The Morgan fingerprint density at radius 3 is 2.95 bits per heavy atom. The van der Waals surface area contributed by atoms with Gasteiger partial charge in [0.2, 0.25) is 5.91 Å². The molecule has 7 heteroatoms. The average molecular weight is 279 g/mol. The highest BCUT2D eigenvalue weighted by Gasteiger charge is 2.22. The van der Waals surface area contributed by atoms with Crippen LogP contribution in [0.1, 0.15) is 25.6 Å². The lowest BCUT2D eigenvalue weighted by atomic mass is 10.1. The molecular formula is C13H21N5O2. The van der Waals surface area contributed by atoms with E-state index in [1.54, 1.807) is 7.11 Å². The van der Waals surface area contributed by atoms with Crippen LogP contribution in [0.5, 0.6) is 0 Å². The van der Waals surface area contributed by atoms with E-state index in [-0.39, 0.29) is 11.9 Å². The van der Waals surface area contributed by atoms with Crippen molar-refractivity contribution >= 4 is 17.5 Å². The number of carbonyl (C=O) groups excluding carboxylic acids is 1. The summed E-state index contributed by atoms with van der Waals surface area (Å²) in [6.45, 7) is 3.86. The van der Waals surface area contributed by atoms with Crippen molar-refractivity contribution in [3.05, 3.63) is 11.9 Å². The number of piperidine rings is 1. The third kappa shape index (κ3) is 3.80. The molecule has 2 heterocycles. The summed E-state index contributed by atoms with van der Waals surface area (Å²) in [4.78, 5) is 20.5. The molecule has 0 spiro atoms. The second-order valence-electron chi connectivity index (χ2n) is 4.65. The maximum atomic E-state index is 11.8. The zero-order valence-electron chi connectivity index (χ0n) is 11.9. The molecule has 110 valence electrons. The van der Waals surface area contributed by atoms with Crippen molar-refractivity contribution in [3.8, 4) is 0 Å². The maximum Gasteiger partial charge on any atom is 0.242 e. The molecule has 1 aromatic rings. The fourth-order valence-electron chi connectivity index (χ4n) is 2.12. The number of anilines is 2. The molecule has 0 bridgehead atoms. The molecule has 0 radical (unpaired) electrons. The van der Waals surface area contributed by atoms with E-state index < -0.39 is 0 Å². The van der Waals surface area contributed by atoms with Gasteiger partial charge in [-0.15, -0.1) is 0 Å². The van der Waals surface area contributed by atoms with Crippen LogP contribution in [-0.2, 0) is 16.1 Å². The number of aromatic nitrogens is 2. The monoisotopic (exact) mass is 279 g/mol. The Labute approximate surface area is 118 Å². The topological polar surface area (TPSA) is 88.2 Å². The van der Waals surface area contributed by atoms with Crippen LogP contribution in [0.15, 0.2) is 6.07 Å². The Morgan fingerprint density at radius 2 is 2.25 bits per heavy atom. The molecule has 1 aliphatic rings. The molecule has 0 saturated carbocycles. The Hall–Kier alpha value is -1.89. The first-order valence-electron chi connectivity index (χ1n) is 6.88. The number of amides is 1. The van der Waals surface area contributed by atoms with Crippen molar-refractivity contribution in [1.29, 1.82) is 0 Å². The van der Waals surface area contributed by atoms with E-state index in [2.05, 4.69) is 25.9 Å². The molecule has 1 atom stereocenters. The molecule has 7 nitrogen and oxygen atoms in total. The summed E-state index contributed by atoms with van der Waals surface area (Å²) >= 11 is 0. The van der Waals surface area contributed by atoms with E-state index in [1.165, 1.54) is 0 Å². The van der Waals surface area contributed by atoms with E-state index in [0.29, 0.717) is 18.2 Å². The largest absolute Gasteiger partial charge is 0.377 e. The van der Waals surface area contributed by atoms with Gasteiger partial charge in [-0.05, 0) is 19.8 Å². The van der Waals surface area contributed by atoms with Crippen molar-refractivity contribution in [2.24, 2.45) is 0 Å². The van der Waals surface area contributed by atoms with E-state index in [0.717, 1.165) is 31.7 Å². The Morgan fingerprint density at radius 1 is 1.45 bits per heavy atom. The number of nitrogens with one attached hydrogen (secondary N) is 3. The molecule has 1 aromatic heterocycles. The quantitative estimate of drug-likeness (QED) is 0.712. The van der Waals surface area contributed by atoms with Crippen LogP contribution in [0, 0.1) is 0 Å². The van der Waals surface area contributed by atoms with Crippen LogP contribution in [0.25, 0.3) is 0 Å². The minimum atomic E-state index is -0.233. The van der Waals surface area contributed by atoms with Gasteiger partial charge in [-0.3, -0.25) is 4.79 Å². The standard InChI is InChI=1S/C13H21N5O2/c1-3-14-10-7-11(18-12(17-10)8-20-2)16-9-5-4-6-15-13(9)19/h7,9H,3-6,8H2,1-2H3,(H,15,19)(H2,14,16,17,18).